The molecule has 0 aliphatic heterocycles. The lowest BCUT2D eigenvalue weighted by Gasteiger charge is -2.09. The van der Waals surface area contributed by atoms with Gasteiger partial charge >= 0.3 is 0 Å². The van der Waals surface area contributed by atoms with Crippen molar-refractivity contribution in [2.75, 3.05) is 0 Å². The summed E-state index contributed by atoms with van der Waals surface area (Å²) in [5.41, 5.74) is 2.66. The van der Waals surface area contributed by atoms with Crippen LogP contribution in [0, 0.1) is 6.92 Å². The second-order valence-electron chi connectivity index (χ2n) is 4.83. The number of thioether (sulfide) groups is 1. The van der Waals surface area contributed by atoms with Gasteiger partial charge in [-0.2, -0.15) is 0 Å². The molecule has 0 fully saturated rings. The fourth-order valence-electron chi connectivity index (χ4n) is 2.36. The molecule has 0 saturated heterocycles. The summed E-state index contributed by atoms with van der Waals surface area (Å²) >= 11 is 1.38. The number of rotatable bonds is 4. The molecular formula is C16H15N3OS. The van der Waals surface area contributed by atoms with Gasteiger partial charge in [-0.1, -0.05) is 30.0 Å². The summed E-state index contributed by atoms with van der Waals surface area (Å²) in [5, 5.41) is 1.36. The number of aromatic nitrogens is 3. The molecule has 3 aromatic rings. The van der Waals surface area contributed by atoms with E-state index in [0.29, 0.717) is 5.16 Å². The Morgan fingerprint density at radius 2 is 1.90 bits per heavy atom. The second-order valence-corrected chi connectivity index (χ2v) is 6.13. The summed E-state index contributed by atoms with van der Waals surface area (Å²) in [5.74, 6) is 0.0994. The normalized spacial score (nSPS) is 12.5. The molecule has 1 atom stereocenters. The van der Waals surface area contributed by atoms with E-state index in [4.69, 9.17) is 0 Å². The number of carbonyl (C=O) groups is 1. The number of ketones is 1. The number of aromatic amines is 1. The number of para-hydroxylation sites is 1. The Labute approximate surface area is 127 Å². The molecule has 0 saturated carbocycles. The first-order valence-corrected chi connectivity index (χ1v) is 7.60. The number of aryl methyl sites for hydroxylation is 1. The van der Waals surface area contributed by atoms with E-state index < -0.39 is 0 Å². The molecule has 0 aliphatic carbocycles. The molecule has 1 aromatic carbocycles. The second kappa shape index (κ2) is 5.69. The lowest BCUT2D eigenvalue weighted by molar-refractivity contribution is 0.0995. The molecule has 21 heavy (non-hydrogen) atoms. The summed E-state index contributed by atoms with van der Waals surface area (Å²) < 4.78 is 0. The maximum absolute atomic E-state index is 12.7. The monoisotopic (exact) mass is 297 g/mol. The van der Waals surface area contributed by atoms with Crippen molar-refractivity contribution in [3.8, 4) is 0 Å². The van der Waals surface area contributed by atoms with Crippen LogP contribution in [0.3, 0.4) is 0 Å². The molecule has 3 rings (SSSR count). The van der Waals surface area contributed by atoms with Crippen LogP contribution < -0.4 is 0 Å². The lowest BCUT2D eigenvalue weighted by atomic mass is 10.1. The van der Waals surface area contributed by atoms with E-state index in [1.54, 1.807) is 18.5 Å². The van der Waals surface area contributed by atoms with Crippen molar-refractivity contribution in [3.05, 3.63) is 54.0 Å². The molecule has 0 amide bonds. The van der Waals surface area contributed by atoms with Gasteiger partial charge in [0.25, 0.3) is 0 Å². The fraction of sp³-hybridized carbons (Fsp3) is 0.188. The standard InChI is InChI=1S/C16H15N3OS/c1-10-14(12-6-3-4-7-13(12)19-10)15(20)11(2)21-16-17-8-5-9-18-16/h3-9,11,19H,1-2H3. The smallest absolute Gasteiger partial charge is 0.188 e. The quantitative estimate of drug-likeness (QED) is 0.454. The molecule has 106 valence electrons. The SMILES string of the molecule is Cc1[nH]c2ccccc2c1C(=O)C(C)Sc1ncccn1. The van der Waals surface area contributed by atoms with Crippen molar-refractivity contribution in [1.82, 2.24) is 15.0 Å². The Hall–Kier alpha value is -2.14. The average Bonchev–Trinajstić information content (AvgIpc) is 2.83. The highest BCUT2D eigenvalue weighted by molar-refractivity contribution is 8.00. The maximum atomic E-state index is 12.7. The first-order valence-electron chi connectivity index (χ1n) is 6.72. The van der Waals surface area contributed by atoms with Crippen LogP contribution in [-0.4, -0.2) is 26.0 Å². The van der Waals surface area contributed by atoms with E-state index in [9.17, 15) is 4.79 Å². The van der Waals surface area contributed by atoms with E-state index in [1.165, 1.54) is 11.8 Å². The van der Waals surface area contributed by atoms with Gasteiger partial charge in [-0.3, -0.25) is 4.79 Å². The molecule has 2 heterocycles. The summed E-state index contributed by atoms with van der Waals surface area (Å²) in [4.78, 5) is 24.3. The van der Waals surface area contributed by atoms with Crippen LogP contribution in [-0.2, 0) is 0 Å². The molecule has 1 N–H and O–H groups in total. The van der Waals surface area contributed by atoms with Crippen molar-refractivity contribution >= 4 is 28.4 Å². The van der Waals surface area contributed by atoms with Gasteiger partial charge in [-0.05, 0) is 26.0 Å². The van der Waals surface area contributed by atoms with Crippen LogP contribution in [0.5, 0.6) is 0 Å². The highest BCUT2D eigenvalue weighted by Crippen LogP contribution is 2.28. The van der Waals surface area contributed by atoms with E-state index in [-0.39, 0.29) is 11.0 Å². The number of hydrogen-bond donors (Lipinski definition) is 1. The number of nitrogens with zero attached hydrogens (tertiary/aromatic N) is 2. The van der Waals surface area contributed by atoms with Gasteiger partial charge in [0, 0.05) is 34.6 Å². The Kier molecular flexibility index (Phi) is 3.75. The molecule has 0 spiro atoms. The summed E-state index contributed by atoms with van der Waals surface area (Å²) in [6.45, 7) is 3.83. The first kappa shape index (κ1) is 13.8. The van der Waals surface area contributed by atoms with Gasteiger partial charge in [-0.15, -0.1) is 0 Å². The van der Waals surface area contributed by atoms with Gasteiger partial charge in [0.05, 0.1) is 5.25 Å². The predicted octanol–water partition coefficient (Wildman–Crippen LogP) is 3.63. The van der Waals surface area contributed by atoms with Gasteiger partial charge < -0.3 is 4.98 Å². The maximum Gasteiger partial charge on any atom is 0.188 e. The summed E-state index contributed by atoms with van der Waals surface area (Å²) in [6.07, 6.45) is 3.37. The third-order valence-corrected chi connectivity index (χ3v) is 4.32. The van der Waals surface area contributed by atoms with E-state index in [1.807, 2.05) is 38.1 Å². The van der Waals surface area contributed by atoms with Crippen molar-refractivity contribution in [1.29, 1.82) is 0 Å². The van der Waals surface area contributed by atoms with Gasteiger partial charge in [0.2, 0.25) is 0 Å². The number of Topliss-reactive ketones (excluding diaryl/α,β-unsaturated/α-hetero) is 1. The Morgan fingerprint density at radius 3 is 2.67 bits per heavy atom. The minimum absolute atomic E-state index is 0.0994. The average molecular weight is 297 g/mol. The van der Waals surface area contributed by atoms with E-state index in [0.717, 1.165) is 22.2 Å². The molecule has 0 radical (unpaired) electrons. The van der Waals surface area contributed by atoms with Crippen LogP contribution in [0.25, 0.3) is 10.9 Å². The zero-order chi connectivity index (χ0) is 14.8. The number of hydrogen-bond acceptors (Lipinski definition) is 4. The van der Waals surface area contributed by atoms with Crippen molar-refractivity contribution in [3.63, 3.8) is 0 Å². The minimum atomic E-state index is -0.231. The van der Waals surface area contributed by atoms with Crippen LogP contribution in [0.2, 0.25) is 0 Å². The van der Waals surface area contributed by atoms with Crippen LogP contribution in [0.15, 0.2) is 47.9 Å². The molecule has 0 aliphatic rings. The number of H-pyrrole nitrogens is 1. The molecule has 0 bridgehead atoms. The first-order chi connectivity index (χ1) is 10.2. The van der Waals surface area contributed by atoms with Gasteiger partial charge in [-0.25, -0.2) is 9.97 Å². The predicted molar refractivity (Wildman–Crippen MR) is 84.7 cm³/mol. The van der Waals surface area contributed by atoms with E-state index in [2.05, 4.69) is 15.0 Å². The number of carbonyl (C=O) groups excluding carboxylic acids is 1. The van der Waals surface area contributed by atoms with Crippen molar-refractivity contribution in [2.24, 2.45) is 0 Å². The zero-order valence-electron chi connectivity index (χ0n) is 11.8. The third kappa shape index (κ3) is 2.69. The molecule has 1 unspecified atom stereocenters. The summed E-state index contributed by atoms with van der Waals surface area (Å²) in [7, 11) is 0. The van der Waals surface area contributed by atoms with Crippen LogP contribution in [0.1, 0.15) is 23.0 Å². The Balaban J connectivity index is 1.91. The van der Waals surface area contributed by atoms with Crippen LogP contribution in [0.4, 0.5) is 0 Å². The minimum Gasteiger partial charge on any atom is -0.358 e. The molecule has 4 nitrogen and oxygen atoms in total. The zero-order valence-corrected chi connectivity index (χ0v) is 12.6. The largest absolute Gasteiger partial charge is 0.358 e. The Morgan fingerprint density at radius 1 is 1.19 bits per heavy atom. The number of nitrogens with one attached hydrogen (secondary N) is 1. The topological polar surface area (TPSA) is 58.6 Å². The Bertz CT molecular complexity index is 783. The molecular weight excluding hydrogens is 282 g/mol. The molecule has 5 heteroatoms. The lowest BCUT2D eigenvalue weighted by Crippen LogP contribution is -2.14. The highest BCUT2D eigenvalue weighted by atomic mass is 32.2. The highest BCUT2D eigenvalue weighted by Gasteiger charge is 2.22. The molecule has 2 aromatic heterocycles. The van der Waals surface area contributed by atoms with Gasteiger partial charge in [0.1, 0.15) is 0 Å². The van der Waals surface area contributed by atoms with Crippen LogP contribution >= 0.6 is 11.8 Å². The van der Waals surface area contributed by atoms with Crippen molar-refractivity contribution in [2.45, 2.75) is 24.3 Å². The van der Waals surface area contributed by atoms with E-state index >= 15 is 0 Å². The summed E-state index contributed by atoms with van der Waals surface area (Å²) in [6, 6.07) is 9.63. The van der Waals surface area contributed by atoms with Gasteiger partial charge in [0.15, 0.2) is 10.9 Å². The number of fused-ring (bicyclic) bond motifs is 1. The third-order valence-electron chi connectivity index (χ3n) is 3.33. The number of benzene rings is 1. The fourth-order valence-corrected chi connectivity index (χ4v) is 3.14. The van der Waals surface area contributed by atoms with Crippen molar-refractivity contribution < 1.29 is 4.79 Å².